The normalized spacial score (nSPS) is 12.0. The van der Waals surface area contributed by atoms with Crippen molar-refractivity contribution in [2.24, 2.45) is 0 Å². The smallest absolute Gasteiger partial charge is 0.450 e. The van der Waals surface area contributed by atoms with Crippen molar-refractivity contribution in [3.05, 3.63) is 51.8 Å². The number of nitrogens with zero attached hydrogens (tertiary/aromatic N) is 3. The number of alkyl halides is 6. The molecule has 0 aliphatic rings. The molecule has 15 heteroatoms. The first kappa shape index (κ1) is 23.6. The molecular weight excluding hydrogens is 468 g/mol. The second-order valence-corrected chi connectivity index (χ2v) is 6.27. The number of ether oxygens (including phenoxy) is 3. The molecule has 1 aromatic heterocycles. The van der Waals surface area contributed by atoms with E-state index < -0.39 is 51.5 Å². The minimum atomic E-state index is -5.37. The number of benzene rings is 2. The molecule has 0 aliphatic carbocycles. The Bertz CT molecular complexity index is 1250. The number of hydrogen-bond acceptors (Lipinski definition) is 7. The van der Waals surface area contributed by atoms with Gasteiger partial charge in [-0.2, -0.15) is 26.3 Å². The molecule has 1 heterocycles. The van der Waals surface area contributed by atoms with Gasteiger partial charge in [0.15, 0.2) is 17.0 Å². The van der Waals surface area contributed by atoms with Gasteiger partial charge < -0.3 is 14.2 Å². The summed E-state index contributed by atoms with van der Waals surface area (Å²) in [6.45, 7) is 0. The fraction of sp³-hybridized carbons (Fsp3) is 0.222. The Kier molecular flexibility index (Phi) is 5.83. The molecule has 0 N–H and O–H groups in total. The van der Waals surface area contributed by atoms with E-state index in [0.29, 0.717) is 0 Å². The third kappa shape index (κ3) is 4.47. The molecule has 2 aromatic carbocycles. The van der Waals surface area contributed by atoms with Crippen LogP contribution in [0.4, 0.5) is 36.8 Å². The van der Waals surface area contributed by atoms with E-state index in [1.165, 1.54) is 20.3 Å². The molecule has 0 amide bonds. The highest BCUT2D eigenvalue weighted by Gasteiger charge is 2.43. The molecule has 9 nitrogen and oxygen atoms in total. The monoisotopic (exact) mass is 479 g/mol. The molecule has 176 valence electrons. The SMILES string of the molecule is COc1ccc(OC(=O)n2c(C(F)(F)F)nc3c([N+](=O)[O-])cc(C(F)(F)F)cc32)cc1OC. The van der Waals surface area contributed by atoms with Gasteiger partial charge in [-0.1, -0.05) is 0 Å². The van der Waals surface area contributed by atoms with Gasteiger partial charge in [0, 0.05) is 12.1 Å². The number of nitro groups is 1. The maximum absolute atomic E-state index is 13.6. The van der Waals surface area contributed by atoms with Gasteiger partial charge in [0.25, 0.3) is 5.69 Å². The Morgan fingerprint density at radius 3 is 2.15 bits per heavy atom. The first-order valence-corrected chi connectivity index (χ1v) is 8.57. The third-order valence-corrected chi connectivity index (χ3v) is 4.26. The number of imidazole rings is 1. The predicted octanol–water partition coefficient (Wildman–Crippen LogP) is 5.05. The van der Waals surface area contributed by atoms with Crippen molar-refractivity contribution in [3.63, 3.8) is 0 Å². The average molecular weight is 479 g/mol. The quantitative estimate of drug-likeness (QED) is 0.293. The van der Waals surface area contributed by atoms with E-state index >= 15 is 0 Å². The minimum absolute atomic E-state index is 0.0273. The van der Waals surface area contributed by atoms with Crippen LogP contribution in [0.5, 0.6) is 17.2 Å². The number of carbonyl (C=O) groups is 1. The Balaban J connectivity index is 2.24. The first-order chi connectivity index (χ1) is 15.3. The Hall–Kier alpha value is -4.04. The van der Waals surface area contributed by atoms with E-state index in [0.717, 1.165) is 12.1 Å². The highest BCUT2D eigenvalue weighted by molar-refractivity contribution is 5.94. The van der Waals surface area contributed by atoms with Gasteiger partial charge in [0.05, 0.1) is 30.2 Å². The average Bonchev–Trinajstić information content (AvgIpc) is 3.12. The molecule has 0 atom stereocenters. The van der Waals surface area contributed by atoms with Crippen LogP contribution in [0.1, 0.15) is 11.4 Å². The maximum Gasteiger partial charge on any atom is 0.450 e. The van der Waals surface area contributed by atoms with E-state index in [4.69, 9.17) is 14.2 Å². The van der Waals surface area contributed by atoms with Crippen LogP contribution in [0.3, 0.4) is 0 Å². The zero-order valence-electron chi connectivity index (χ0n) is 16.4. The molecule has 3 rings (SSSR count). The third-order valence-electron chi connectivity index (χ3n) is 4.26. The van der Waals surface area contributed by atoms with Crippen LogP contribution in [0.25, 0.3) is 11.0 Å². The van der Waals surface area contributed by atoms with E-state index in [1.807, 2.05) is 0 Å². The van der Waals surface area contributed by atoms with Gasteiger partial charge >= 0.3 is 18.4 Å². The van der Waals surface area contributed by atoms with Crippen molar-refractivity contribution in [1.29, 1.82) is 0 Å². The zero-order chi connectivity index (χ0) is 24.7. The van der Waals surface area contributed by atoms with Crippen LogP contribution in [0, 0.1) is 10.1 Å². The van der Waals surface area contributed by atoms with Gasteiger partial charge in [-0.25, -0.2) is 14.3 Å². The number of methoxy groups -OCH3 is 2. The Labute approximate surface area is 179 Å². The van der Waals surface area contributed by atoms with E-state index in [-0.39, 0.29) is 33.9 Å². The second-order valence-electron chi connectivity index (χ2n) is 6.27. The molecule has 0 radical (unpaired) electrons. The molecule has 33 heavy (non-hydrogen) atoms. The van der Waals surface area contributed by atoms with Gasteiger partial charge in [-0.15, -0.1) is 0 Å². The van der Waals surface area contributed by atoms with Gasteiger partial charge in [-0.3, -0.25) is 10.1 Å². The van der Waals surface area contributed by atoms with Crippen LogP contribution < -0.4 is 14.2 Å². The number of hydrogen-bond donors (Lipinski definition) is 0. The van der Waals surface area contributed by atoms with Gasteiger partial charge in [-0.05, 0) is 18.2 Å². The van der Waals surface area contributed by atoms with Crippen LogP contribution in [0.15, 0.2) is 30.3 Å². The summed E-state index contributed by atoms with van der Waals surface area (Å²) in [6, 6.07) is 3.62. The number of nitro benzene ring substituents is 1. The summed E-state index contributed by atoms with van der Waals surface area (Å²) in [5, 5.41) is 11.2. The van der Waals surface area contributed by atoms with Crippen LogP contribution in [-0.4, -0.2) is 34.8 Å². The number of non-ortho nitro benzene ring substituents is 1. The topological polar surface area (TPSA) is 106 Å². The van der Waals surface area contributed by atoms with E-state index in [9.17, 15) is 41.3 Å². The van der Waals surface area contributed by atoms with E-state index in [2.05, 4.69) is 4.98 Å². The minimum Gasteiger partial charge on any atom is -0.493 e. The number of rotatable bonds is 4. The fourth-order valence-electron chi connectivity index (χ4n) is 2.86. The molecule has 0 aliphatic heterocycles. The largest absolute Gasteiger partial charge is 0.493 e. The Morgan fingerprint density at radius 2 is 1.64 bits per heavy atom. The summed E-state index contributed by atoms with van der Waals surface area (Å²) in [6.07, 6.45) is -12.4. The van der Waals surface area contributed by atoms with Crippen molar-refractivity contribution in [2.75, 3.05) is 14.2 Å². The zero-order valence-corrected chi connectivity index (χ0v) is 16.4. The molecule has 0 bridgehead atoms. The number of halogens is 6. The summed E-state index contributed by atoms with van der Waals surface area (Å²) in [7, 11) is 2.52. The van der Waals surface area contributed by atoms with Gasteiger partial charge in [0.2, 0.25) is 5.82 Å². The lowest BCUT2D eigenvalue weighted by atomic mass is 10.1. The summed E-state index contributed by atoms with van der Waals surface area (Å²) in [5.41, 5.74) is -5.22. The second kappa shape index (κ2) is 8.14. The molecular formula is C18H11F6N3O6. The molecule has 0 unspecified atom stereocenters. The highest BCUT2D eigenvalue weighted by Crippen LogP contribution is 2.39. The number of fused-ring (bicyclic) bond motifs is 1. The van der Waals surface area contributed by atoms with Crippen molar-refractivity contribution in [1.82, 2.24) is 9.55 Å². The van der Waals surface area contributed by atoms with Crippen molar-refractivity contribution in [3.8, 4) is 17.2 Å². The molecule has 3 aromatic rings. The fourth-order valence-corrected chi connectivity index (χ4v) is 2.86. The van der Waals surface area contributed by atoms with Crippen LogP contribution in [-0.2, 0) is 12.4 Å². The summed E-state index contributed by atoms with van der Waals surface area (Å²) in [5.74, 6) is -2.14. The van der Waals surface area contributed by atoms with Crippen LogP contribution >= 0.6 is 0 Å². The molecule has 0 fully saturated rings. The van der Waals surface area contributed by atoms with E-state index in [1.54, 1.807) is 0 Å². The molecule has 0 spiro atoms. The maximum atomic E-state index is 13.6. The molecule has 0 saturated carbocycles. The standard InChI is InChI=1S/C18H11F6N3O6/c1-31-12-4-3-9(7-13(12)32-2)33-16(28)26-10-5-8(17(19,20)21)6-11(27(29)30)14(10)25-15(26)18(22,23)24/h3-7H,1-2H3. The number of carbonyl (C=O) groups excluding carboxylic acids is 1. The summed E-state index contributed by atoms with van der Waals surface area (Å²) >= 11 is 0. The van der Waals surface area contributed by atoms with Crippen molar-refractivity contribution >= 4 is 22.8 Å². The van der Waals surface area contributed by atoms with Gasteiger partial charge in [0.1, 0.15) is 5.75 Å². The lowest BCUT2D eigenvalue weighted by Gasteiger charge is -2.13. The first-order valence-electron chi connectivity index (χ1n) is 8.57. The Morgan fingerprint density at radius 1 is 1.00 bits per heavy atom. The van der Waals surface area contributed by atoms with Crippen molar-refractivity contribution in [2.45, 2.75) is 12.4 Å². The summed E-state index contributed by atoms with van der Waals surface area (Å²) in [4.78, 5) is 25.5. The summed E-state index contributed by atoms with van der Waals surface area (Å²) < 4.78 is 94.8. The van der Waals surface area contributed by atoms with Crippen LogP contribution in [0.2, 0.25) is 0 Å². The predicted molar refractivity (Wildman–Crippen MR) is 97.4 cm³/mol. The van der Waals surface area contributed by atoms with Crippen molar-refractivity contribution < 1.29 is 50.3 Å². The lowest BCUT2D eigenvalue weighted by molar-refractivity contribution is -0.383. The highest BCUT2D eigenvalue weighted by atomic mass is 19.4. The lowest BCUT2D eigenvalue weighted by Crippen LogP contribution is -2.24. The molecule has 0 saturated heterocycles. The number of aromatic nitrogens is 2.